The molecule has 1 unspecified atom stereocenters. The van der Waals surface area contributed by atoms with E-state index in [0.29, 0.717) is 0 Å². The van der Waals surface area contributed by atoms with Gasteiger partial charge in [-0.15, -0.1) is 0 Å². The monoisotopic (exact) mass is 244 g/mol. The standard InChI is InChI=1S/C4H5F5O4S/c5-2(6)3(10,4(7,8)9)1-14(11,12)13/h2,10H,1H2,(H,11,12,13). The largest absolute Gasteiger partial charge is 0.424 e. The highest BCUT2D eigenvalue weighted by molar-refractivity contribution is 7.85. The molecule has 14 heavy (non-hydrogen) atoms. The van der Waals surface area contributed by atoms with Crippen LogP contribution in [0.5, 0.6) is 0 Å². The van der Waals surface area contributed by atoms with Crippen LogP contribution in [-0.4, -0.2) is 42.0 Å². The predicted molar refractivity (Wildman–Crippen MR) is 33.4 cm³/mol. The molecule has 1 atom stereocenters. The summed E-state index contributed by atoms with van der Waals surface area (Å²) in [4.78, 5) is 0. The highest BCUT2D eigenvalue weighted by Gasteiger charge is 2.62. The normalized spacial score (nSPS) is 18.3. The Bertz CT molecular complexity index is 295. The van der Waals surface area contributed by atoms with Crippen molar-refractivity contribution < 1.29 is 40.0 Å². The minimum absolute atomic E-state index is 2.50. The van der Waals surface area contributed by atoms with Crippen LogP contribution in [0.25, 0.3) is 0 Å². The van der Waals surface area contributed by atoms with Crippen molar-refractivity contribution >= 4 is 10.1 Å². The maximum atomic E-state index is 11.8. The van der Waals surface area contributed by atoms with Gasteiger partial charge in [-0.05, 0) is 0 Å². The van der Waals surface area contributed by atoms with Gasteiger partial charge in [0.05, 0.1) is 0 Å². The van der Waals surface area contributed by atoms with Gasteiger partial charge in [-0.1, -0.05) is 0 Å². The van der Waals surface area contributed by atoms with Crippen LogP contribution in [0.15, 0.2) is 0 Å². The summed E-state index contributed by atoms with van der Waals surface area (Å²) in [5, 5.41) is 8.35. The minimum atomic E-state index is -5.85. The van der Waals surface area contributed by atoms with Crippen molar-refractivity contribution in [3.8, 4) is 0 Å². The molecule has 0 heterocycles. The lowest BCUT2D eigenvalue weighted by Gasteiger charge is -2.27. The first-order valence-electron chi connectivity index (χ1n) is 2.92. The van der Waals surface area contributed by atoms with Crippen molar-refractivity contribution in [1.29, 1.82) is 0 Å². The lowest BCUT2D eigenvalue weighted by Crippen LogP contribution is -2.56. The Morgan fingerprint density at radius 2 is 1.57 bits per heavy atom. The summed E-state index contributed by atoms with van der Waals surface area (Å²) in [6, 6.07) is 0. The summed E-state index contributed by atoms with van der Waals surface area (Å²) in [6.45, 7) is 0. The fourth-order valence-corrected chi connectivity index (χ4v) is 1.39. The summed E-state index contributed by atoms with van der Waals surface area (Å²) < 4.78 is 86.7. The van der Waals surface area contributed by atoms with Crippen molar-refractivity contribution in [2.45, 2.75) is 18.2 Å². The second-order valence-electron chi connectivity index (χ2n) is 2.45. The van der Waals surface area contributed by atoms with E-state index in [1.54, 1.807) is 0 Å². The van der Waals surface area contributed by atoms with Crippen LogP contribution in [-0.2, 0) is 10.1 Å². The quantitative estimate of drug-likeness (QED) is 0.557. The lowest BCUT2D eigenvalue weighted by atomic mass is 10.1. The number of hydrogen-bond donors (Lipinski definition) is 2. The Balaban J connectivity index is 5.14. The van der Waals surface area contributed by atoms with E-state index < -0.39 is 34.1 Å². The number of rotatable bonds is 3. The van der Waals surface area contributed by atoms with E-state index >= 15 is 0 Å². The zero-order valence-electron chi connectivity index (χ0n) is 6.29. The summed E-state index contributed by atoms with van der Waals surface area (Å²) in [5.41, 5.74) is -4.75. The van der Waals surface area contributed by atoms with E-state index in [9.17, 15) is 30.4 Å². The van der Waals surface area contributed by atoms with E-state index in [4.69, 9.17) is 9.66 Å². The summed E-state index contributed by atoms with van der Waals surface area (Å²) in [5.74, 6) is -2.50. The molecule has 0 aliphatic heterocycles. The van der Waals surface area contributed by atoms with Crippen LogP contribution in [0.4, 0.5) is 22.0 Å². The molecule has 0 rings (SSSR count). The van der Waals surface area contributed by atoms with Gasteiger partial charge < -0.3 is 5.11 Å². The van der Waals surface area contributed by atoms with Crippen molar-refractivity contribution in [2.24, 2.45) is 0 Å². The third-order valence-electron chi connectivity index (χ3n) is 1.25. The Labute approximate surface area is 75.1 Å². The van der Waals surface area contributed by atoms with Crippen LogP contribution in [0.1, 0.15) is 0 Å². The van der Waals surface area contributed by atoms with Gasteiger partial charge in [0.2, 0.25) is 5.60 Å². The van der Waals surface area contributed by atoms with Crippen LogP contribution in [0, 0.1) is 0 Å². The van der Waals surface area contributed by atoms with Crippen molar-refractivity contribution in [1.82, 2.24) is 0 Å². The molecule has 0 bridgehead atoms. The molecule has 10 heteroatoms. The van der Waals surface area contributed by atoms with Crippen LogP contribution in [0.3, 0.4) is 0 Å². The molecule has 0 aliphatic rings. The summed E-state index contributed by atoms with van der Waals surface area (Å²) in [6.07, 6.45) is -10.2. The maximum Gasteiger partial charge on any atom is 0.424 e. The number of aliphatic hydroxyl groups is 1. The van der Waals surface area contributed by atoms with E-state index in [0.717, 1.165) is 0 Å². The molecular formula is C4H5F5O4S. The molecule has 0 aromatic heterocycles. The molecule has 2 N–H and O–H groups in total. The van der Waals surface area contributed by atoms with Gasteiger partial charge in [-0.3, -0.25) is 4.55 Å². The molecule has 0 aromatic rings. The minimum Gasteiger partial charge on any atom is -0.375 e. The van der Waals surface area contributed by atoms with Crippen LogP contribution < -0.4 is 0 Å². The molecule has 0 saturated carbocycles. The van der Waals surface area contributed by atoms with Crippen LogP contribution in [0.2, 0.25) is 0 Å². The number of alkyl halides is 5. The molecule has 0 amide bonds. The Hall–Kier alpha value is -0.480. The molecule has 0 aliphatic carbocycles. The Kier molecular flexibility index (Phi) is 3.46. The second kappa shape index (κ2) is 3.59. The molecule has 0 spiro atoms. The molecule has 86 valence electrons. The Morgan fingerprint density at radius 3 is 1.64 bits per heavy atom. The van der Waals surface area contributed by atoms with Gasteiger partial charge >= 0.3 is 6.18 Å². The smallest absolute Gasteiger partial charge is 0.375 e. The molecule has 0 aromatic carbocycles. The van der Waals surface area contributed by atoms with Gasteiger partial charge in [-0.2, -0.15) is 21.6 Å². The average Bonchev–Trinajstić information content (AvgIpc) is 1.79. The van der Waals surface area contributed by atoms with Gasteiger partial charge in [0.15, 0.2) is 0 Å². The zero-order valence-corrected chi connectivity index (χ0v) is 7.11. The highest BCUT2D eigenvalue weighted by Crippen LogP contribution is 2.36. The zero-order chi connectivity index (χ0) is 11.8. The summed E-state index contributed by atoms with van der Waals surface area (Å²) >= 11 is 0. The number of halogens is 5. The van der Waals surface area contributed by atoms with E-state index in [2.05, 4.69) is 0 Å². The maximum absolute atomic E-state index is 11.8. The molecule has 0 fully saturated rings. The Morgan fingerprint density at radius 1 is 1.21 bits per heavy atom. The van der Waals surface area contributed by atoms with Gasteiger partial charge in [0.25, 0.3) is 16.5 Å². The fraction of sp³-hybridized carbons (Fsp3) is 1.00. The first kappa shape index (κ1) is 13.5. The van der Waals surface area contributed by atoms with E-state index in [1.165, 1.54) is 0 Å². The molecular weight excluding hydrogens is 239 g/mol. The number of hydrogen-bond acceptors (Lipinski definition) is 3. The average molecular weight is 244 g/mol. The first-order chi connectivity index (χ1) is 5.90. The lowest BCUT2D eigenvalue weighted by molar-refractivity contribution is -0.288. The van der Waals surface area contributed by atoms with Crippen molar-refractivity contribution in [2.75, 3.05) is 5.75 Å². The topological polar surface area (TPSA) is 74.6 Å². The van der Waals surface area contributed by atoms with Crippen molar-refractivity contribution in [3.05, 3.63) is 0 Å². The third kappa shape index (κ3) is 3.03. The van der Waals surface area contributed by atoms with Gasteiger partial charge in [-0.25, -0.2) is 8.78 Å². The predicted octanol–water partition coefficient (Wildman–Crippen LogP) is 0.433. The molecule has 4 nitrogen and oxygen atoms in total. The van der Waals surface area contributed by atoms with Gasteiger partial charge in [0, 0.05) is 0 Å². The van der Waals surface area contributed by atoms with E-state index in [-0.39, 0.29) is 0 Å². The molecule has 0 saturated heterocycles. The second-order valence-corrected chi connectivity index (χ2v) is 3.90. The van der Waals surface area contributed by atoms with Crippen molar-refractivity contribution in [3.63, 3.8) is 0 Å². The summed E-state index contributed by atoms with van der Waals surface area (Å²) in [7, 11) is -5.36. The van der Waals surface area contributed by atoms with E-state index in [1.807, 2.05) is 0 Å². The fourth-order valence-electron chi connectivity index (χ4n) is 0.547. The highest BCUT2D eigenvalue weighted by atomic mass is 32.2. The first-order valence-corrected chi connectivity index (χ1v) is 4.53. The SMILES string of the molecule is O=S(=O)(O)CC(O)(C(F)F)C(F)(F)F. The van der Waals surface area contributed by atoms with Gasteiger partial charge in [0.1, 0.15) is 5.75 Å². The third-order valence-corrected chi connectivity index (χ3v) is 2.06. The molecule has 0 radical (unpaired) electrons. The van der Waals surface area contributed by atoms with Crippen LogP contribution >= 0.6 is 0 Å².